The third-order valence-corrected chi connectivity index (χ3v) is 5.00. The van der Waals surface area contributed by atoms with Crippen LogP contribution in [-0.2, 0) is 20.8 Å². The molecular weight excluding hydrogens is 330 g/mol. The highest BCUT2D eigenvalue weighted by Gasteiger charge is 2.21. The van der Waals surface area contributed by atoms with Crippen LogP contribution in [0.3, 0.4) is 0 Å². The Hall–Kier alpha value is -1.47. The molecule has 0 bridgehead atoms. The second-order valence-corrected chi connectivity index (χ2v) is 7.06. The molecule has 26 heavy (non-hydrogen) atoms. The summed E-state index contributed by atoms with van der Waals surface area (Å²) in [6.07, 6.45) is 3.38. The lowest BCUT2D eigenvalue weighted by atomic mass is 10.1. The van der Waals surface area contributed by atoms with Crippen LogP contribution >= 0.6 is 0 Å². The maximum absolute atomic E-state index is 11.9. The number of amides is 1. The lowest BCUT2D eigenvalue weighted by Gasteiger charge is -2.32. The number of benzene rings is 1. The van der Waals surface area contributed by atoms with Gasteiger partial charge in [0.2, 0.25) is 5.91 Å². The predicted molar refractivity (Wildman–Crippen MR) is 101 cm³/mol. The van der Waals surface area contributed by atoms with Gasteiger partial charge >= 0.3 is 0 Å². The van der Waals surface area contributed by atoms with Crippen molar-refractivity contribution in [3.63, 3.8) is 0 Å². The Morgan fingerprint density at radius 3 is 2.81 bits per heavy atom. The molecule has 3 rings (SSSR count). The number of carbonyl (C=O) groups excluding carboxylic acids is 1. The summed E-state index contributed by atoms with van der Waals surface area (Å²) in [4.78, 5) is 14.4. The van der Waals surface area contributed by atoms with Crippen molar-refractivity contribution < 1.29 is 14.3 Å². The van der Waals surface area contributed by atoms with E-state index in [1.165, 1.54) is 5.56 Å². The van der Waals surface area contributed by atoms with Crippen molar-refractivity contribution in [2.75, 3.05) is 46.0 Å². The van der Waals surface area contributed by atoms with Crippen LogP contribution in [0, 0.1) is 0 Å². The Balaban J connectivity index is 1.22. The van der Waals surface area contributed by atoms with Crippen LogP contribution in [0.15, 0.2) is 30.3 Å². The molecule has 1 amide bonds. The van der Waals surface area contributed by atoms with E-state index in [4.69, 9.17) is 9.47 Å². The molecule has 6 nitrogen and oxygen atoms in total. The van der Waals surface area contributed by atoms with Crippen LogP contribution in [0.1, 0.15) is 24.8 Å². The molecule has 0 aliphatic carbocycles. The fourth-order valence-electron chi connectivity index (χ4n) is 3.47. The first-order valence-corrected chi connectivity index (χ1v) is 9.78. The van der Waals surface area contributed by atoms with E-state index in [9.17, 15) is 4.79 Å². The predicted octanol–water partition coefficient (Wildman–Crippen LogP) is 1.16. The highest BCUT2D eigenvalue weighted by molar-refractivity contribution is 5.81. The van der Waals surface area contributed by atoms with Crippen LogP contribution in [0.2, 0.25) is 0 Å². The maximum Gasteiger partial charge on any atom is 0.239 e. The Morgan fingerprint density at radius 2 is 2.08 bits per heavy atom. The lowest BCUT2D eigenvalue weighted by Crippen LogP contribution is -2.51. The van der Waals surface area contributed by atoms with Gasteiger partial charge in [-0.2, -0.15) is 0 Å². The molecule has 2 aliphatic rings. The van der Waals surface area contributed by atoms with Gasteiger partial charge in [-0.1, -0.05) is 30.3 Å². The number of hydrogen-bond acceptors (Lipinski definition) is 5. The molecule has 2 aliphatic heterocycles. The summed E-state index contributed by atoms with van der Waals surface area (Å²) >= 11 is 0. The number of carbonyl (C=O) groups is 1. The smallest absolute Gasteiger partial charge is 0.239 e. The van der Waals surface area contributed by atoms with Crippen LogP contribution in [0.25, 0.3) is 0 Å². The zero-order valence-corrected chi connectivity index (χ0v) is 15.5. The van der Waals surface area contributed by atoms with Gasteiger partial charge in [0.25, 0.3) is 0 Å². The summed E-state index contributed by atoms with van der Waals surface area (Å²) < 4.78 is 11.3. The van der Waals surface area contributed by atoms with E-state index < -0.39 is 0 Å². The maximum atomic E-state index is 11.9. The van der Waals surface area contributed by atoms with Gasteiger partial charge in [0.1, 0.15) is 6.04 Å². The first-order valence-electron chi connectivity index (χ1n) is 9.78. The molecule has 1 atom stereocenters. The highest BCUT2D eigenvalue weighted by atomic mass is 16.5. The van der Waals surface area contributed by atoms with E-state index in [2.05, 4.69) is 45.9 Å². The average molecular weight is 361 g/mol. The number of nitrogens with one attached hydrogen (secondary N) is 2. The zero-order valence-electron chi connectivity index (χ0n) is 15.5. The number of piperidine rings is 1. The molecule has 1 aromatic carbocycles. The largest absolute Gasteiger partial charge is 0.378 e. The lowest BCUT2D eigenvalue weighted by molar-refractivity contribution is -0.125. The quantitative estimate of drug-likeness (QED) is 0.681. The van der Waals surface area contributed by atoms with Gasteiger partial charge in [-0.3, -0.25) is 9.69 Å². The molecule has 144 valence electrons. The fourth-order valence-corrected chi connectivity index (χ4v) is 3.47. The van der Waals surface area contributed by atoms with Crippen molar-refractivity contribution in [3.05, 3.63) is 35.9 Å². The molecule has 2 saturated heterocycles. The van der Waals surface area contributed by atoms with Crippen molar-refractivity contribution in [3.8, 4) is 0 Å². The van der Waals surface area contributed by atoms with Crippen LogP contribution in [-0.4, -0.2) is 69.0 Å². The zero-order chi connectivity index (χ0) is 18.0. The van der Waals surface area contributed by atoms with Gasteiger partial charge in [0.15, 0.2) is 0 Å². The second kappa shape index (κ2) is 10.6. The molecular formula is C20H31N3O3. The molecule has 0 aromatic heterocycles. The van der Waals surface area contributed by atoms with Gasteiger partial charge < -0.3 is 20.1 Å². The Bertz CT molecular complexity index is 526. The van der Waals surface area contributed by atoms with Crippen molar-refractivity contribution in [1.29, 1.82) is 0 Å². The Kier molecular flexibility index (Phi) is 7.88. The first-order chi connectivity index (χ1) is 12.8. The summed E-state index contributed by atoms with van der Waals surface area (Å²) in [6.45, 7) is 6.45. The molecule has 2 N–H and O–H groups in total. The van der Waals surface area contributed by atoms with Gasteiger partial charge in [-0.25, -0.2) is 0 Å². The van der Waals surface area contributed by atoms with E-state index in [0.29, 0.717) is 32.5 Å². The summed E-state index contributed by atoms with van der Waals surface area (Å²) in [7, 11) is 0. The number of ether oxygens (including phenoxy) is 2. The van der Waals surface area contributed by atoms with Crippen LogP contribution < -0.4 is 10.6 Å². The summed E-state index contributed by atoms with van der Waals surface area (Å²) in [5.74, 6) is 0.0268. The summed E-state index contributed by atoms with van der Waals surface area (Å²) in [5, 5.41) is 6.11. The summed E-state index contributed by atoms with van der Waals surface area (Å²) in [5.41, 5.74) is 1.38. The van der Waals surface area contributed by atoms with E-state index in [0.717, 1.165) is 45.4 Å². The van der Waals surface area contributed by atoms with E-state index in [-0.39, 0.29) is 11.9 Å². The van der Waals surface area contributed by atoms with Gasteiger partial charge in [-0.05, 0) is 24.8 Å². The van der Waals surface area contributed by atoms with Gasteiger partial charge in [0.05, 0.1) is 19.3 Å². The van der Waals surface area contributed by atoms with Crippen molar-refractivity contribution in [1.82, 2.24) is 15.5 Å². The number of morpholine rings is 1. The molecule has 1 unspecified atom stereocenters. The van der Waals surface area contributed by atoms with Gasteiger partial charge in [-0.15, -0.1) is 0 Å². The monoisotopic (exact) mass is 361 g/mol. The number of rotatable bonds is 8. The molecule has 6 heteroatoms. The first kappa shape index (κ1) is 19.3. The molecule has 2 fully saturated rings. The third kappa shape index (κ3) is 6.36. The third-order valence-electron chi connectivity index (χ3n) is 5.00. The molecule has 1 aromatic rings. The van der Waals surface area contributed by atoms with Crippen LogP contribution in [0.4, 0.5) is 0 Å². The minimum atomic E-state index is -0.210. The minimum Gasteiger partial charge on any atom is -0.378 e. The highest BCUT2D eigenvalue weighted by Crippen LogP contribution is 2.16. The van der Waals surface area contributed by atoms with Crippen LogP contribution in [0.5, 0.6) is 0 Å². The average Bonchev–Trinajstić information content (AvgIpc) is 2.70. The number of nitrogens with zero attached hydrogens (tertiary/aromatic N) is 1. The number of likely N-dealkylation sites (tertiary alicyclic amines) is 1. The molecule has 0 saturated carbocycles. The van der Waals surface area contributed by atoms with E-state index >= 15 is 0 Å². The molecule has 0 radical (unpaired) electrons. The topological polar surface area (TPSA) is 62.8 Å². The SMILES string of the molecule is O=C(NCCCOC1CCN(Cc2ccccc2)CC1)C1COCCN1. The van der Waals surface area contributed by atoms with E-state index in [1.807, 2.05) is 0 Å². The Labute approximate surface area is 156 Å². The van der Waals surface area contributed by atoms with Gasteiger partial charge in [0, 0.05) is 39.3 Å². The molecule has 2 heterocycles. The normalized spacial score (nSPS) is 22.2. The summed E-state index contributed by atoms with van der Waals surface area (Å²) in [6, 6.07) is 10.4. The van der Waals surface area contributed by atoms with Crippen molar-refractivity contribution in [2.24, 2.45) is 0 Å². The van der Waals surface area contributed by atoms with E-state index in [1.54, 1.807) is 0 Å². The second-order valence-electron chi connectivity index (χ2n) is 7.06. The minimum absolute atomic E-state index is 0.0268. The Morgan fingerprint density at radius 1 is 1.27 bits per heavy atom. The fraction of sp³-hybridized carbons (Fsp3) is 0.650. The standard InChI is InChI=1S/C20H31N3O3/c24-20(19-16-25-14-10-21-19)22-9-4-13-26-18-7-11-23(12-8-18)15-17-5-2-1-3-6-17/h1-3,5-6,18-19,21H,4,7-16H2,(H,22,24). The molecule has 0 spiro atoms. The van der Waals surface area contributed by atoms with Crippen molar-refractivity contribution in [2.45, 2.75) is 38.0 Å². The number of hydrogen-bond donors (Lipinski definition) is 2. The van der Waals surface area contributed by atoms with Crippen molar-refractivity contribution >= 4 is 5.91 Å².